The van der Waals surface area contributed by atoms with Crippen molar-refractivity contribution < 1.29 is 9.90 Å². The number of nitrogens with one attached hydrogen (secondary N) is 1. The molecule has 1 amide bonds. The van der Waals surface area contributed by atoms with Gasteiger partial charge in [-0.15, -0.1) is 0 Å². The SMILES string of the molecule is CC[C@@H](CO)NC(=O)c1cc(Cl)cc(Br)c1. The molecule has 1 atom stereocenters. The van der Waals surface area contributed by atoms with Crippen LogP contribution in [0.2, 0.25) is 5.02 Å². The van der Waals surface area contributed by atoms with Gasteiger partial charge in [-0.1, -0.05) is 34.5 Å². The van der Waals surface area contributed by atoms with Crippen LogP contribution in [0.4, 0.5) is 0 Å². The molecule has 3 nitrogen and oxygen atoms in total. The molecule has 0 saturated carbocycles. The lowest BCUT2D eigenvalue weighted by Gasteiger charge is -2.14. The zero-order chi connectivity index (χ0) is 12.1. The fraction of sp³-hybridized carbons (Fsp3) is 0.364. The van der Waals surface area contributed by atoms with Crippen molar-refractivity contribution in [3.05, 3.63) is 33.3 Å². The van der Waals surface area contributed by atoms with Crippen LogP contribution in [-0.2, 0) is 0 Å². The number of hydrogen-bond donors (Lipinski definition) is 2. The van der Waals surface area contributed by atoms with Gasteiger partial charge in [0.15, 0.2) is 0 Å². The maximum atomic E-state index is 11.8. The van der Waals surface area contributed by atoms with Gasteiger partial charge in [0.05, 0.1) is 12.6 Å². The number of carbonyl (C=O) groups is 1. The first kappa shape index (κ1) is 13.5. The number of rotatable bonds is 4. The summed E-state index contributed by atoms with van der Waals surface area (Å²) in [5.41, 5.74) is 0.478. The smallest absolute Gasteiger partial charge is 0.251 e. The van der Waals surface area contributed by atoms with Crippen molar-refractivity contribution in [3.63, 3.8) is 0 Å². The molecule has 0 fully saturated rings. The van der Waals surface area contributed by atoms with E-state index in [1.807, 2.05) is 6.92 Å². The van der Waals surface area contributed by atoms with Gasteiger partial charge in [-0.2, -0.15) is 0 Å². The van der Waals surface area contributed by atoms with Gasteiger partial charge >= 0.3 is 0 Å². The lowest BCUT2D eigenvalue weighted by molar-refractivity contribution is 0.0915. The summed E-state index contributed by atoms with van der Waals surface area (Å²) in [6.45, 7) is 1.83. The summed E-state index contributed by atoms with van der Waals surface area (Å²) in [5, 5.41) is 12.2. The highest BCUT2D eigenvalue weighted by Gasteiger charge is 2.12. The fourth-order valence-electron chi connectivity index (χ4n) is 1.23. The quantitative estimate of drug-likeness (QED) is 0.898. The highest BCUT2D eigenvalue weighted by molar-refractivity contribution is 9.10. The molecule has 16 heavy (non-hydrogen) atoms. The predicted molar refractivity (Wildman–Crippen MR) is 67.8 cm³/mol. The zero-order valence-corrected chi connectivity index (χ0v) is 11.2. The van der Waals surface area contributed by atoms with Crippen LogP contribution < -0.4 is 5.32 Å². The first-order valence-electron chi connectivity index (χ1n) is 4.94. The molecule has 0 heterocycles. The lowest BCUT2D eigenvalue weighted by Crippen LogP contribution is -2.36. The molecule has 2 N–H and O–H groups in total. The van der Waals surface area contributed by atoms with Crippen molar-refractivity contribution in [3.8, 4) is 0 Å². The van der Waals surface area contributed by atoms with Crippen LogP contribution in [-0.4, -0.2) is 23.7 Å². The third kappa shape index (κ3) is 3.77. The van der Waals surface area contributed by atoms with Crippen molar-refractivity contribution in [2.75, 3.05) is 6.61 Å². The van der Waals surface area contributed by atoms with Crippen LogP contribution in [0.25, 0.3) is 0 Å². The molecule has 0 aliphatic heterocycles. The van der Waals surface area contributed by atoms with Crippen molar-refractivity contribution in [1.82, 2.24) is 5.32 Å². The van der Waals surface area contributed by atoms with Gasteiger partial charge in [0.1, 0.15) is 0 Å². The minimum Gasteiger partial charge on any atom is -0.394 e. The Balaban J connectivity index is 2.80. The predicted octanol–water partition coefficient (Wildman–Crippen LogP) is 2.60. The van der Waals surface area contributed by atoms with Crippen molar-refractivity contribution in [1.29, 1.82) is 0 Å². The van der Waals surface area contributed by atoms with Gasteiger partial charge < -0.3 is 10.4 Å². The summed E-state index contributed by atoms with van der Waals surface area (Å²) in [6, 6.07) is 4.77. The standard InChI is InChI=1S/C11H13BrClNO2/c1-2-10(6-15)14-11(16)7-3-8(12)5-9(13)4-7/h3-5,10,15H,2,6H2,1H3,(H,14,16)/t10-/m0/s1. The molecule has 1 aromatic rings. The third-order valence-electron chi connectivity index (χ3n) is 2.17. The van der Waals surface area contributed by atoms with Gasteiger partial charge in [0.2, 0.25) is 0 Å². The number of benzene rings is 1. The number of carbonyl (C=O) groups excluding carboxylic acids is 1. The summed E-state index contributed by atoms with van der Waals surface area (Å²) in [4.78, 5) is 11.8. The maximum absolute atomic E-state index is 11.8. The summed E-state index contributed by atoms with van der Waals surface area (Å²) in [6.07, 6.45) is 0.684. The molecule has 0 saturated heterocycles. The molecule has 0 radical (unpaired) electrons. The molecule has 0 aliphatic rings. The van der Waals surface area contributed by atoms with E-state index in [1.54, 1.807) is 18.2 Å². The normalized spacial score (nSPS) is 12.2. The van der Waals surface area contributed by atoms with E-state index in [0.717, 1.165) is 4.47 Å². The van der Waals surface area contributed by atoms with E-state index in [9.17, 15) is 4.79 Å². The highest BCUT2D eigenvalue weighted by Crippen LogP contribution is 2.19. The Hall–Kier alpha value is -0.580. The highest BCUT2D eigenvalue weighted by atomic mass is 79.9. The molecule has 5 heteroatoms. The van der Waals surface area contributed by atoms with E-state index in [0.29, 0.717) is 17.0 Å². The Morgan fingerprint density at radius 1 is 1.56 bits per heavy atom. The van der Waals surface area contributed by atoms with Crippen LogP contribution in [0.1, 0.15) is 23.7 Å². The second kappa shape index (κ2) is 6.23. The number of aliphatic hydroxyl groups is 1. The molecule has 1 aromatic carbocycles. The lowest BCUT2D eigenvalue weighted by atomic mass is 10.2. The van der Waals surface area contributed by atoms with Crippen LogP contribution in [0.3, 0.4) is 0 Å². The summed E-state index contributed by atoms with van der Waals surface area (Å²) >= 11 is 9.11. The molecule has 0 spiro atoms. The second-order valence-corrected chi connectivity index (χ2v) is 4.77. The first-order chi connectivity index (χ1) is 7.56. The maximum Gasteiger partial charge on any atom is 0.251 e. The Labute approximate surface area is 108 Å². The van der Waals surface area contributed by atoms with E-state index in [-0.39, 0.29) is 18.6 Å². The Morgan fingerprint density at radius 2 is 2.25 bits per heavy atom. The molecular weight excluding hydrogens is 293 g/mol. The molecule has 0 unspecified atom stereocenters. The van der Waals surface area contributed by atoms with Crippen molar-refractivity contribution >= 4 is 33.4 Å². The number of aliphatic hydroxyl groups excluding tert-OH is 1. The third-order valence-corrected chi connectivity index (χ3v) is 2.85. The largest absolute Gasteiger partial charge is 0.394 e. The average Bonchev–Trinajstić information content (AvgIpc) is 2.24. The molecule has 0 aromatic heterocycles. The van der Waals surface area contributed by atoms with E-state index in [1.165, 1.54) is 0 Å². The van der Waals surface area contributed by atoms with E-state index in [2.05, 4.69) is 21.2 Å². The second-order valence-electron chi connectivity index (χ2n) is 3.42. The van der Waals surface area contributed by atoms with E-state index < -0.39 is 0 Å². The van der Waals surface area contributed by atoms with Crippen LogP contribution in [0, 0.1) is 0 Å². The Morgan fingerprint density at radius 3 is 2.75 bits per heavy atom. The zero-order valence-electron chi connectivity index (χ0n) is 8.84. The number of halogens is 2. The molecular formula is C11H13BrClNO2. The topological polar surface area (TPSA) is 49.3 Å². The van der Waals surface area contributed by atoms with Crippen molar-refractivity contribution in [2.24, 2.45) is 0 Å². The van der Waals surface area contributed by atoms with E-state index in [4.69, 9.17) is 16.7 Å². The van der Waals surface area contributed by atoms with E-state index >= 15 is 0 Å². The van der Waals surface area contributed by atoms with Crippen molar-refractivity contribution in [2.45, 2.75) is 19.4 Å². The van der Waals surface area contributed by atoms with Gasteiger partial charge in [-0.3, -0.25) is 4.79 Å². The van der Waals surface area contributed by atoms with Crippen LogP contribution >= 0.6 is 27.5 Å². The van der Waals surface area contributed by atoms with Gasteiger partial charge in [-0.25, -0.2) is 0 Å². The first-order valence-corrected chi connectivity index (χ1v) is 6.11. The fourth-order valence-corrected chi connectivity index (χ4v) is 2.09. The summed E-state index contributed by atoms with van der Waals surface area (Å²) in [5.74, 6) is -0.232. The number of hydrogen-bond acceptors (Lipinski definition) is 2. The minimum absolute atomic E-state index is 0.0655. The molecule has 0 aliphatic carbocycles. The molecule has 0 bridgehead atoms. The van der Waals surface area contributed by atoms with Crippen LogP contribution in [0.15, 0.2) is 22.7 Å². The minimum atomic E-state index is -0.232. The summed E-state index contributed by atoms with van der Waals surface area (Å²) < 4.78 is 0.752. The molecule has 88 valence electrons. The van der Waals surface area contributed by atoms with Gasteiger partial charge in [-0.05, 0) is 24.6 Å². The molecule has 1 rings (SSSR count). The van der Waals surface area contributed by atoms with Gasteiger partial charge in [0.25, 0.3) is 5.91 Å². The van der Waals surface area contributed by atoms with Crippen LogP contribution in [0.5, 0.6) is 0 Å². The monoisotopic (exact) mass is 305 g/mol. The Kier molecular flexibility index (Phi) is 5.25. The average molecular weight is 307 g/mol. The number of amides is 1. The Bertz CT molecular complexity index is 360. The summed E-state index contributed by atoms with van der Waals surface area (Å²) in [7, 11) is 0. The van der Waals surface area contributed by atoms with Gasteiger partial charge in [0, 0.05) is 15.1 Å².